The Balaban J connectivity index is 1.62. The molecule has 1 unspecified atom stereocenters. The molecule has 0 spiro atoms. The molecule has 6 nitrogen and oxygen atoms in total. The van der Waals surface area contributed by atoms with Gasteiger partial charge in [-0.25, -0.2) is 0 Å². The molecule has 2 aromatic rings. The van der Waals surface area contributed by atoms with Gasteiger partial charge in [-0.3, -0.25) is 14.4 Å². The van der Waals surface area contributed by atoms with E-state index in [0.717, 1.165) is 5.75 Å². The first-order chi connectivity index (χ1) is 13.9. The van der Waals surface area contributed by atoms with E-state index < -0.39 is 11.8 Å². The summed E-state index contributed by atoms with van der Waals surface area (Å²) >= 11 is 0. The van der Waals surface area contributed by atoms with Gasteiger partial charge in [0.25, 0.3) is 0 Å². The summed E-state index contributed by atoms with van der Waals surface area (Å²) in [7, 11) is 0. The zero-order valence-corrected chi connectivity index (χ0v) is 16.8. The molecule has 0 aromatic heterocycles. The number of hydrogen-bond acceptors (Lipinski definition) is 4. The van der Waals surface area contributed by atoms with Crippen LogP contribution in [0.1, 0.15) is 37.0 Å². The molecule has 1 heterocycles. The molecule has 0 radical (unpaired) electrons. The molecule has 1 aliphatic rings. The van der Waals surface area contributed by atoms with E-state index in [4.69, 9.17) is 4.74 Å². The van der Waals surface area contributed by atoms with Gasteiger partial charge in [0.05, 0.1) is 0 Å². The van der Waals surface area contributed by atoms with Crippen LogP contribution in [0.5, 0.6) is 11.5 Å². The van der Waals surface area contributed by atoms with Crippen LogP contribution in [0.15, 0.2) is 54.6 Å². The second-order valence-electron chi connectivity index (χ2n) is 7.52. The minimum absolute atomic E-state index is 0.0157. The topological polar surface area (TPSA) is 75.7 Å². The van der Waals surface area contributed by atoms with Crippen LogP contribution in [0.25, 0.3) is 0 Å². The first kappa shape index (κ1) is 20.6. The number of hydrogen-bond donors (Lipinski definition) is 1. The highest BCUT2D eigenvalue weighted by molar-refractivity contribution is 6.35. The number of nitrogens with one attached hydrogen (secondary N) is 1. The minimum Gasteiger partial charge on any atom is -0.457 e. The van der Waals surface area contributed by atoms with Gasteiger partial charge in [-0.15, -0.1) is 0 Å². The smallest absolute Gasteiger partial charge is 0.311 e. The predicted molar refractivity (Wildman–Crippen MR) is 110 cm³/mol. The molecule has 6 heteroatoms. The molecule has 3 rings (SSSR count). The van der Waals surface area contributed by atoms with E-state index in [0.29, 0.717) is 30.7 Å². The highest BCUT2D eigenvalue weighted by Crippen LogP contribution is 2.25. The second kappa shape index (κ2) is 9.37. The summed E-state index contributed by atoms with van der Waals surface area (Å²) in [6.07, 6.45) is 1.41. The van der Waals surface area contributed by atoms with Crippen molar-refractivity contribution in [3.63, 3.8) is 0 Å². The fourth-order valence-corrected chi connectivity index (χ4v) is 3.39. The van der Waals surface area contributed by atoms with Crippen LogP contribution in [0.4, 0.5) is 0 Å². The number of carbonyl (C=O) groups excluding carboxylic acids is 3. The highest BCUT2D eigenvalue weighted by Gasteiger charge is 2.31. The minimum atomic E-state index is -0.615. The van der Waals surface area contributed by atoms with Gasteiger partial charge in [-0.2, -0.15) is 0 Å². The Morgan fingerprint density at radius 2 is 1.66 bits per heavy atom. The number of piperidine rings is 1. The van der Waals surface area contributed by atoms with Crippen molar-refractivity contribution in [2.24, 2.45) is 5.92 Å². The quantitative estimate of drug-likeness (QED) is 0.623. The number of ketones is 1. The number of para-hydroxylation sites is 1. The van der Waals surface area contributed by atoms with Crippen molar-refractivity contribution in [1.82, 2.24) is 10.2 Å². The Bertz CT molecular complexity index is 862. The Hall–Kier alpha value is -3.15. The lowest BCUT2D eigenvalue weighted by Crippen LogP contribution is -2.49. The van der Waals surface area contributed by atoms with Crippen molar-refractivity contribution >= 4 is 17.6 Å². The van der Waals surface area contributed by atoms with Gasteiger partial charge in [0, 0.05) is 30.6 Å². The van der Waals surface area contributed by atoms with E-state index in [1.165, 1.54) is 4.90 Å². The van der Waals surface area contributed by atoms with E-state index in [9.17, 15) is 14.4 Å². The monoisotopic (exact) mass is 394 g/mol. The summed E-state index contributed by atoms with van der Waals surface area (Å²) in [4.78, 5) is 38.7. The van der Waals surface area contributed by atoms with Gasteiger partial charge in [0.1, 0.15) is 11.5 Å². The lowest BCUT2D eigenvalue weighted by atomic mass is 9.90. The molecule has 2 amide bonds. The molecule has 1 N–H and O–H groups in total. The fourth-order valence-electron chi connectivity index (χ4n) is 3.39. The summed E-state index contributed by atoms with van der Waals surface area (Å²) in [5.41, 5.74) is 0.580. The number of ether oxygens (including phenoxy) is 1. The summed E-state index contributed by atoms with van der Waals surface area (Å²) in [5, 5.41) is 2.61. The van der Waals surface area contributed by atoms with Crippen molar-refractivity contribution < 1.29 is 19.1 Å². The Morgan fingerprint density at radius 1 is 1.00 bits per heavy atom. The molecule has 0 saturated carbocycles. The number of carbonyl (C=O) groups is 3. The van der Waals surface area contributed by atoms with Crippen molar-refractivity contribution in [3.8, 4) is 11.5 Å². The van der Waals surface area contributed by atoms with Gasteiger partial charge < -0.3 is 15.0 Å². The van der Waals surface area contributed by atoms with Crippen molar-refractivity contribution in [2.75, 3.05) is 13.1 Å². The average molecular weight is 394 g/mol. The molecule has 1 fully saturated rings. The highest BCUT2D eigenvalue weighted by atomic mass is 16.5. The normalized spacial score (nSPS) is 16.4. The summed E-state index contributed by atoms with van der Waals surface area (Å²) in [6, 6.07) is 16.3. The Labute approximate surface area is 170 Å². The predicted octanol–water partition coefficient (Wildman–Crippen LogP) is 3.42. The number of amides is 2. The third kappa shape index (κ3) is 5.44. The van der Waals surface area contributed by atoms with Crippen LogP contribution >= 0.6 is 0 Å². The van der Waals surface area contributed by atoms with Crippen LogP contribution in [0.3, 0.4) is 0 Å². The van der Waals surface area contributed by atoms with Gasteiger partial charge >= 0.3 is 11.8 Å². The number of nitrogens with zero attached hydrogens (tertiary/aromatic N) is 1. The molecule has 1 aliphatic heterocycles. The number of rotatable bonds is 5. The molecular formula is C23H26N2O4. The fraction of sp³-hybridized carbons (Fsp3) is 0.348. The van der Waals surface area contributed by atoms with Gasteiger partial charge in [-0.1, -0.05) is 18.2 Å². The summed E-state index contributed by atoms with van der Waals surface area (Å²) in [5.74, 6) is -0.122. The lowest BCUT2D eigenvalue weighted by Gasteiger charge is -2.31. The standard InChI is InChI=1S/C23H26N2O4/c1-16(2)24-22(27)23(28)25-14-6-7-18(15-25)21(26)17-10-12-20(13-11-17)29-19-8-4-3-5-9-19/h3-5,8-13,16,18H,6-7,14-15H2,1-2H3,(H,24,27). The maximum Gasteiger partial charge on any atom is 0.311 e. The number of likely N-dealkylation sites (tertiary alicyclic amines) is 1. The lowest BCUT2D eigenvalue weighted by molar-refractivity contribution is -0.147. The Morgan fingerprint density at radius 3 is 2.31 bits per heavy atom. The molecule has 0 aliphatic carbocycles. The van der Waals surface area contributed by atoms with E-state index in [1.54, 1.807) is 38.1 Å². The summed E-state index contributed by atoms with van der Waals surface area (Å²) < 4.78 is 5.76. The molecule has 1 atom stereocenters. The molecule has 1 saturated heterocycles. The van der Waals surface area contributed by atoms with Gasteiger partial charge in [0.2, 0.25) is 0 Å². The molecule has 152 valence electrons. The van der Waals surface area contributed by atoms with Crippen LogP contribution in [0.2, 0.25) is 0 Å². The van der Waals surface area contributed by atoms with E-state index in [-0.39, 0.29) is 24.3 Å². The zero-order valence-electron chi connectivity index (χ0n) is 16.8. The van der Waals surface area contributed by atoms with E-state index in [1.807, 2.05) is 30.3 Å². The van der Waals surface area contributed by atoms with Crippen LogP contribution in [-0.4, -0.2) is 41.6 Å². The summed E-state index contributed by atoms with van der Waals surface area (Å²) in [6.45, 7) is 4.38. The first-order valence-electron chi connectivity index (χ1n) is 9.91. The molecule has 0 bridgehead atoms. The van der Waals surface area contributed by atoms with Gasteiger partial charge in [0.15, 0.2) is 5.78 Å². The first-order valence-corrected chi connectivity index (χ1v) is 9.91. The van der Waals surface area contributed by atoms with Gasteiger partial charge in [-0.05, 0) is 63.1 Å². The molecular weight excluding hydrogens is 368 g/mol. The molecule has 2 aromatic carbocycles. The SMILES string of the molecule is CC(C)NC(=O)C(=O)N1CCCC(C(=O)c2ccc(Oc3ccccc3)cc2)C1. The average Bonchev–Trinajstić information content (AvgIpc) is 2.73. The third-order valence-electron chi connectivity index (χ3n) is 4.81. The van der Waals surface area contributed by atoms with Crippen LogP contribution < -0.4 is 10.1 Å². The maximum atomic E-state index is 12.9. The number of Topliss-reactive ketones (excluding diaryl/α,β-unsaturated/α-hetero) is 1. The third-order valence-corrected chi connectivity index (χ3v) is 4.81. The van der Waals surface area contributed by atoms with Crippen LogP contribution in [0, 0.1) is 5.92 Å². The van der Waals surface area contributed by atoms with E-state index in [2.05, 4.69) is 5.32 Å². The van der Waals surface area contributed by atoms with Crippen LogP contribution in [-0.2, 0) is 9.59 Å². The molecule has 29 heavy (non-hydrogen) atoms. The maximum absolute atomic E-state index is 12.9. The second-order valence-corrected chi connectivity index (χ2v) is 7.52. The largest absolute Gasteiger partial charge is 0.457 e. The zero-order chi connectivity index (χ0) is 20.8. The Kier molecular flexibility index (Phi) is 6.65. The van der Waals surface area contributed by atoms with Crippen molar-refractivity contribution in [2.45, 2.75) is 32.7 Å². The number of benzene rings is 2. The van der Waals surface area contributed by atoms with E-state index >= 15 is 0 Å². The van der Waals surface area contributed by atoms with Crippen molar-refractivity contribution in [3.05, 3.63) is 60.2 Å². The van der Waals surface area contributed by atoms with Crippen molar-refractivity contribution in [1.29, 1.82) is 0 Å².